The number of nitrogens with zero attached hydrogens (tertiary/aromatic N) is 2. The lowest BCUT2D eigenvalue weighted by Gasteiger charge is -2.35. The lowest BCUT2D eigenvalue weighted by molar-refractivity contribution is -0.132. The van der Waals surface area contributed by atoms with Crippen molar-refractivity contribution in [2.45, 2.75) is 19.8 Å². The van der Waals surface area contributed by atoms with E-state index in [0.29, 0.717) is 62.7 Å². The second kappa shape index (κ2) is 10.7. The number of amides is 2. The molecule has 0 atom stereocenters. The second-order valence-electron chi connectivity index (χ2n) is 7.32. The SMILES string of the molecule is CCOc1ccccc1CCC(=O)N1CCN(C(=O)c2cc(OC)cc(OC)c2)CC1. The molecule has 0 aliphatic carbocycles. The number of carbonyl (C=O) groups excluding carboxylic acids is 2. The summed E-state index contributed by atoms with van der Waals surface area (Å²) in [7, 11) is 3.11. The third-order valence-corrected chi connectivity index (χ3v) is 5.40. The Morgan fingerprint density at radius 3 is 2.13 bits per heavy atom. The molecule has 0 saturated carbocycles. The van der Waals surface area contributed by atoms with Crippen LogP contribution < -0.4 is 14.2 Å². The van der Waals surface area contributed by atoms with Crippen LogP contribution in [-0.4, -0.2) is 68.6 Å². The fraction of sp³-hybridized carbons (Fsp3) is 0.417. The molecule has 1 aliphatic heterocycles. The van der Waals surface area contributed by atoms with E-state index in [1.165, 1.54) is 0 Å². The highest BCUT2D eigenvalue weighted by Gasteiger charge is 2.25. The summed E-state index contributed by atoms with van der Waals surface area (Å²) in [6.45, 7) is 4.60. The fourth-order valence-electron chi connectivity index (χ4n) is 3.68. The number of ether oxygens (including phenoxy) is 3. The smallest absolute Gasteiger partial charge is 0.254 e. The Bertz CT molecular complexity index is 884. The molecule has 1 fully saturated rings. The topological polar surface area (TPSA) is 68.3 Å². The Morgan fingerprint density at radius 1 is 0.903 bits per heavy atom. The molecule has 1 saturated heterocycles. The molecular weight excluding hydrogens is 396 g/mol. The van der Waals surface area contributed by atoms with Gasteiger partial charge in [0.15, 0.2) is 0 Å². The molecule has 2 amide bonds. The molecule has 0 bridgehead atoms. The van der Waals surface area contributed by atoms with Gasteiger partial charge in [-0.15, -0.1) is 0 Å². The van der Waals surface area contributed by atoms with Crippen molar-refractivity contribution >= 4 is 11.8 Å². The molecule has 1 heterocycles. The molecule has 2 aromatic rings. The fourth-order valence-corrected chi connectivity index (χ4v) is 3.68. The van der Waals surface area contributed by atoms with Gasteiger partial charge in [0.2, 0.25) is 5.91 Å². The first-order chi connectivity index (χ1) is 15.0. The average Bonchev–Trinajstić information content (AvgIpc) is 2.82. The highest BCUT2D eigenvalue weighted by Crippen LogP contribution is 2.24. The lowest BCUT2D eigenvalue weighted by Crippen LogP contribution is -2.50. The van der Waals surface area contributed by atoms with Crippen molar-refractivity contribution in [3.63, 3.8) is 0 Å². The Kier molecular flexibility index (Phi) is 7.76. The predicted molar refractivity (Wildman–Crippen MR) is 118 cm³/mol. The first-order valence-corrected chi connectivity index (χ1v) is 10.6. The van der Waals surface area contributed by atoms with Crippen LogP contribution in [0.2, 0.25) is 0 Å². The van der Waals surface area contributed by atoms with Crippen molar-refractivity contribution in [1.82, 2.24) is 9.80 Å². The first kappa shape index (κ1) is 22.5. The van der Waals surface area contributed by atoms with E-state index in [9.17, 15) is 9.59 Å². The van der Waals surface area contributed by atoms with Crippen LogP contribution in [0, 0.1) is 0 Å². The Hall–Kier alpha value is -3.22. The van der Waals surface area contributed by atoms with Crippen LogP contribution in [0.1, 0.15) is 29.3 Å². The van der Waals surface area contributed by atoms with Gasteiger partial charge in [0.25, 0.3) is 5.91 Å². The number of rotatable bonds is 8. The van der Waals surface area contributed by atoms with Crippen molar-refractivity contribution < 1.29 is 23.8 Å². The van der Waals surface area contributed by atoms with E-state index in [2.05, 4.69) is 0 Å². The van der Waals surface area contributed by atoms with Gasteiger partial charge in [-0.3, -0.25) is 9.59 Å². The van der Waals surface area contributed by atoms with E-state index in [1.807, 2.05) is 36.1 Å². The normalized spacial score (nSPS) is 13.6. The molecule has 0 spiro atoms. The van der Waals surface area contributed by atoms with E-state index in [-0.39, 0.29) is 11.8 Å². The van der Waals surface area contributed by atoms with Gasteiger partial charge in [0.1, 0.15) is 17.2 Å². The van der Waals surface area contributed by atoms with Gasteiger partial charge in [-0.2, -0.15) is 0 Å². The molecule has 166 valence electrons. The summed E-state index contributed by atoms with van der Waals surface area (Å²) in [5.41, 5.74) is 1.56. The van der Waals surface area contributed by atoms with Crippen LogP contribution in [0.4, 0.5) is 0 Å². The molecule has 1 aliphatic rings. The Morgan fingerprint density at radius 2 is 1.52 bits per heavy atom. The third kappa shape index (κ3) is 5.69. The summed E-state index contributed by atoms with van der Waals surface area (Å²) in [4.78, 5) is 29.2. The number of piperazine rings is 1. The van der Waals surface area contributed by atoms with Crippen molar-refractivity contribution in [3.8, 4) is 17.2 Å². The van der Waals surface area contributed by atoms with Gasteiger partial charge in [-0.05, 0) is 37.1 Å². The van der Waals surface area contributed by atoms with E-state index < -0.39 is 0 Å². The van der Waals surface area contributed by atoms with Crippen molar-refractivity contribution in [2.75, 3.05) is 47.0 Å². The zero-order valence-corrected chi connectivity index (χ0v) is 18.4. The molecule has 0 aromatic heterocycles. The van der Waals surface area contributed by atoms with Crippen LogP contribution in [0.5, 0.6) is 17.2 Å². The minimum atomic E-state index is -0.0880. The van der Waals surface area contributed by atoms with Crippen LogP contribution in [0.25, 0.3) is 0 Å². The first-order valence-electron chi connectivity index (χ1n) is 10.6. The molecule has 0 unspecified atom stereocenters. The lowest BCUT2D eigenvalue weighted by atomic mass is 10.1. The monoisotopic (exact) mass is 426 g/mol. The molecule has 7 nitrogen and oxygen atoms in total. The molecule has 7 heteroatoms. The standard InChI is InChI=1S/C24H30N2O5/c1-4-31-22-8-6-5-7-18(22)9-10-23(27)25-11-13-26(14-12-25)24(28)19-15-20(29-2)17-21(16-19)30-3/h5-8,15-17H,4,9-14H2,1-3H3. The third-order valence-electron chi connectivity index (χ3n) is 5.40. The van der Waals surface area contributed by atoms with Crippen molar-refractivity contribution in [1.29, 1.82) is 0 Å². The van der Waals surface area contributed by atoms with Crippen LogP contribution in [0.3, 0.4) is 0 Å². The maximum absolute atomic E-state index is 12.9. The van der Waals surface area contributed by atoms with Crippen LogP contribution in [0.15, 0.2) is 42.5 Å². The number of para-hydroxylation sites is 1. The van der Waals surface area contributed by atoms with E-state index in [0.717, 1.165) is 11.3 Å². The molecule has 0 N–H and O–H groups in total. The Labute approximate surface area is 183 Å². The van der Waals surface area contributed by atoms with E-state index in [1.54, 1.807) is 37.3 Å². The van der Waals surface area contributed by atoms with E-state index >= 15 is 0 Å². The van der Waals surface area contributed by atoms with Gasteiger partial charge in [0, 0.05) is 44.2 Å². The van der Waals surface area contributed by atoms with Crippen molar-refractivity contribution in [3.05, 3.63) is 53.6 Å². The summed E-state index contributed by atoms with van der Waals surface area (Å²) >= 11 is 0. The summed E-state index contributed by atoms with van der Waals surface area (Å²) < 4.78 is 16.2. The maximum Gasteiger partial charge on any atom is 0.254 e. The number of benzene rings is 2. The maximum atomic E-state index is 12.9. The minimum Gasteiger partial charge on any atom is -0.497 e. The van der Waals surface area contributed by atoms with Gasteiger partial charge < -0.3 is 24.0 Å². The number of aryl methyl sites for hydroxylation is 1. The molecule has 2 aromatic carbocycles. The molecule has 0 radical (unpaired) electrons. The number of methoxy groups -OCH3 is 2. The largest absolute Gasteiger partial charge is 0.497 e. The van der Waals surface area contributed by atoms with Gasteiger partial charge in [-0.1, -0.05) is 18.2 Å². The highest BCUT2D eigenvalue weighted by atomic mass is 16.5. The van der Waals surface area contributed by atoms with Gasteiger partial charge in [0.05, 0.1) is 20.8 Å². The van der Waals surface area contributed by atoms with Gasteiger partial charge in [-0.25, -0.2) is 0 Å². The van der Waals surface area contributed by atoms with Crippen molar-refractivity contribution in [2.24, 2.45) is 0 Å². The Balaban J connectivity index is 1.54. The van der Waals surface area contributed by atoms with Crippen LogP contribution in [-0.2, 0) is 11.2 Å². The number of carbonyl (C=O) groups is 2. The minimum absolute atomic E-state index is 0.0880. The second-order valence-corrected chi connectivity index (χ2v) is 7.32. The van der Waals surface area contributed by atoms with Crippen LogP contribution >= 0.6 is 0 Å². The predicted octanol–water partition coefficient (Wildman–Crippen LogP) is 3.02. The number of hydrogen-bond acceptors (Lipinski definition) is 5. The summed E-state index contributed by atoms with van der Waals surface area (Å²) in [5.74, 6) is 1.99. The summed E-state index contributed by atoms with van der Waals surface area (Å²) in [6.07, 6.45) is 1.06. The molecular formula is C24H30N2O5. The van der Waals surface area contributed by atoms with Gasteiger partial charge >= 0.3 is 0 Å². The molecule has 31 heavy (non-hydrogen) atoms. The highest BCUT2D eigenvalue weighted by molar-refractivity contribution is 5.95. The quantitative estimate of drug-likeness (QED) is 0.649. The van der Waals surface area contributed by atoms with E-state index in [4.69, 9.17) is 14.2 Å². The zero-order chi connectivity index (χ0) is 22.2. The average molecular weight is 427 g/mol. The zero-order valence-electron chi connectivity index (χ0n) is 18.4. The summed E-state index contributed by atoms with van der Waals surface area (Å²) in [6, 6.07) is 13.0. The summed E-state index contributed by atoms with van der Waals surface area (Å²) in [5, 5.41) is 0. The molecule has 3 rings (SSSR count). The number of hydrogen-bond donors (Lipinski definition) is 0.